The predicted molar refractivity (Wildman–Crippen MR) is 61.5 cm³/mol. The van der Waals surface area contributed by atoms with Crippen LogP contribution in [-0.4, -0.2) is 55.5 Å². The van der Waals surface area contributed by atoms with Crippen molar-refractivity contribution in [2.75, 3.05) is 33.7 Å². The van der Waals surface area contributed by atoms with E-state index in [-0.39, 0.29) is 11.8 Å². The van der Waals surface area contributed by atoms with E-state index in [1.807, 2.05) is 25.9 Å². The Bertz CT molecular complexity index is 218. The Morgan fingerprint density at radius 2 is 2.27 bits per heavy atom. The third-order valence-corrected chi connectivity index (χ3v) is 3.01. The van der Waals surface area contributed by atoms with E-state index in [1.165, 1.54) is 0 Å². The molecule has 1 heterocycles. The highest BCUT2D eigenvalue weighted by Gasteiger charge is 2.30. The van der Waals surface area contributed by atoms with Gasteiger partial charge >= 0.3 is 0 Å². The molecule has 4 heteroatoms. The molecular weight excluding hydrogens is 190 g/mol. The first-order chi connectivity index (χ1) is 7.06. The highest BCUT2D eigenvalue weighted by atomic mass is 16.2. The van der Waals surface area contributed by atoms with Crippen molar-refractivity contribution in [1.82, 2.24) is 9.80 Å². The summed E-state index contributed by atoms with van der Waals surface area (Å²) in [5, 5.41) is 0. The van der Waals surface area contributed by atoms with Crippen LogP contribution in [0.1, 0.15) is 19.8 Å². The summed E-state index contributed by atoms with van der Waals surface area (Å²) in [7, 11) is 4.10. The van der Waals surface area contributed by atoms with Crippen LogP contribution in [-0.2, 0) is 4.79 Å². The van der Waals surface area contributed by atoms with Crippen LogP contribution in [0.25, 0.3) is 0 Å². The number of hydrogen-bond acceptors (Lipinski definition) is 3. The Morgan fingerprint density at radius 3 is 2.80 bits per heavy atom. The van der Waals surface area contributed by atoms with Crippen molar-refractivity contribution in [2.24, 2.45) is 11.7 Å². The second-order valence-electron chi connectivity index (χ2n) is 4.73. The van der Waals surface area contributed by atoms with Crippen LogP contribution >= 0.6 is 0 Å². The summed E-state index contributed by atoms with van der Waals surface area (Å²) in [5.74, 6) is 0.189. The van der Waals surface area contributed by atoms with E-state index in [2.05, 4.69) is 4.90 Å². The largest absolute Gasteiger partial charge is 0.338 e. The lowest BCUT2D eigenvalue weighted by atomic mass is 10.1. The van der Waals surface area contributed by atoms with Gasteiger partial charge < -0.3 is 15.5 Å². The monoisotopic (exact) mass is 213 g/mol. The van der Waals surface area contributed by atoms with Gasteiger partial charge in [0, 0.05) is 31.6 Å². The van der Waals surface area contributed by atoms with E-state index in [0.717, 1.165) is 25.9 Å². The van der Waals surface area contributed by atoms with Gasteiger partial charge in [0.1, 0.15) is 0 Å². The summed E-state index contributed by atoms with van der Waals surface area (Å²) >= 11 is 0. The molecule has 0 aromatic carbocycles. The number of nitrogens with zero attached hydrogens (tertiary/aromatic N) is 2. The molecule has 1 fully saturated rings. The lowest BCUT2D eigenvalue weighted by molar-refractivity contribution is -0.135. The molecule has 0 aliphatic carbocycles. The molecule has 2 N–H and O–H groups in total. The quantitative estimate of drug-likeness (QED) is 0.722. The van der Waals surface area contributed by atoms with Crippen LogP contribution in [0.5, 0.6) is 0 Å². The average Bonchev–Trinajstić information content (AvgIpc) is 2.62. The number of hydrogen-bond donors (Lipinski definition) is 1. The predicted octanol–water partition coefficient (Wildman–Crippen LogP) is 0.134. The number of likely N-dealkylation sites (tertiary alicyclic amines) is 1. The molecule has 1 aliphatic heterocycles. The molecule has 4 nitrogen and oxygen atoms in total. The second kappa shape index (κ2) is 5.47. The van der Waals surface area contributed by atoms with Gasteiger partial charge in [-0.15, -0.1) is 0 Å². The van der Waals surface area contributed by atoms with Crippen LogP contribution in [0, 0.1) is 5.92 Å². The first-order valence-corrected chi connectivity index (χ1v) is 5.71. The lowest BCUT2D eigenvalue weighted by Gasteiger charge is -2.29. The minimum absolute atomic E-state index is 0.0345. The molecule has 1 amide bonds. The maximum atomic E-state index is 12.0. The van der Waals surface area contributed by atoms with E-state index in [0.29, 0.717) is 12.6 Å². The molecule has 0 aromatic rings. The Hall–Kier alpha value is -0.610. The van der Waals surface area contributed by atoms with Gasteiger partial charge in [-0.3, -0.25) is 4.79 Å². The average molecular weight is 213 g/mol. The van der Waals surface area contributed by atoms with E-state index in [1.54, 1.807) is 0 Å². The van der Waals surface area contributed by atoms with Crippen molar-refractivity contribution in [3.8, 4) is 0 Å². The van der Waals surface area contributed by atoms with Crippen LogP contribution in [0.3, 0.4) is 0 Å². The Morgan fingerprint density at radius 1 is 1.60 bits per heavy atom. The van der Waals surface area contributed by atoms with Crippen LogP contribution in [0.4, 0.5) is 0 Å². The molecule has 0 spiro atoms. The standard InChI is InChI=1S/C11H23N3O/c1-9(7-12)11(15)14-6-4-5-10(14)8-13(2)3/h9-10H,4-8,12H2,1-3H3. The van der Waals surface area contributed by atoms with E-state index in [4.69, 9.17) is 5.73 Å². The van der Waals surface area contributed by atoms with Crippen molar-refractivity contribution >= 4 is 5.91 Å². The fourth-order valence-corrected chi connectivity index (χ4v) is 2.12. The number of amides is 1. The van der Waals surface area contributed by atoms with Gasteiger partial charge in [0.25, 0.3) is 0 Å². The maximum Gasteiger partial charge on any atom is 0.226 e. The first-order valence-electron chi connectivity index (χ1n) is 5.71. The summed E-state index contributed by atoms with van der Waals surface area (Å²) in [6.45, 7) is 4.22. The van der Waals surface area contributed by atoms with Gasteiger partial charge in [-0.05, 0) is 26.9 Å². The summed E-state index contributed by atoms with van der Waals surface area (Å²) < 4.78 is 0. The van der Waals surface area contributed by atoms with Crippen LogP contribution in [0.15, 0.2) is 0 Å². The van der Waals surface area contributed by atoms with Gasteiger partial charge in [-0.2, -0.15) is 0 Å². The fourth-order valence-electron chi connectivity index (χ4n) is 2.12. The number of nitrogens with two attached hydrogens (primary N) is 1. The zero-order valence-electron chi connectivity index (χ0n) is 10.1. The molecule has 1 aliphatic rings. The van der Waals surface area contributed by atoms with Crippen LogP contribution < -0.4 is 5.73 Å². The molecular formula is C11H23N3O. The third kappa shape index (κ3) is 3.18. The molecule has 1 saturated heterocycles. The smallest absolute Gasteiger partial charge is 0.226 e. The van der Waals surface area contributed by atoms with E-state index < -0.39 is 0 Å². The van der Waals surface area contributed by atoms with Gasteiger partial charge in [0.2, 0.25) is 5.91 Å². The molecule has 2 unspecified atom stereocenters. The summed E-state index contributed by atoms with van der Waals surface area (Å²) in [4.78, 5) is 16.1. The summed E-state index contributed by atoms with van der Waals surface area (Å²) in [5.41, 5.74) is 5.53. The van der Waals surface area contributed by atoms with Crippen molar-refractivity contribution in [1.29, 1.82) is 0 Å². The van der Waals surface area contributed by atoms with Crippen molar-refractivity contribution in [3.05, 3.63) is 0 Å². The number of rotatable bonds is 4. The first kappa shape index (κ1) is 12.5. The Balaban J connectivity index is 2.55. The maximum absolute atomic E-state index is 12.0. The van der Waals surface area contributed by atoms with Crippen LogP contribution in [0.2, 0.25) is 0 Å². The molecule has 0 saturated carbocycles. The third-order valence-electron chi connectivity index (χ3n) is 3.01. The zero-order valence-corrected chi connectivity index (χ0v) is 10.1. The van der Waals surface area contributed by atoms with Gasteiger partial charge in [-0.1, -0.05) is 6.92 Å². The highest BCUT2D eigenvalue weighted by molar-refractivity contribution is 5.79. The molecule has 1 rings (SSSR count). The molecule has 15 heavy (non-hydrogen) atoms. The number of carbonyl (C=O) groups excluding carboxylic acids is 1. The van der Waals surface area contributed by atoms with Gasteiger partial charge in [0.15, 0.2) is 0 Å². The Labute approximate surface area is 92.4 Å². The summed E-state index contributed by atoms with van der Waals surface area (Å²) in [6.07, 6.45) is 2.25. The SMILES string of the molecule is CC(CN)C(=O)N1CCCC1CN(C)C. The van der Waals surface area contributed by atoms with Crippen molar-refractivity contribution in [2.45, 2.75) is 25.8 Å². The molecule has 0 aromatic heterocycles. The highest BCUT2D eigenvalue weighted by Crippen LogP contribution is 2.19. The van der Waals surface area contributed by atoms with Gasteiger partial charge in [-0.25, -0.2) is 0 Å². The molecule has 0 bridgehead atoms. The second-order valence-corrected chi connectivity index (χ2v) is 4.73. The number of carbonyl (C=O) groups is 1. The van der Waals surface area contributed by atoms with E-state index in [9.17, 15) is 4.79 Å². The minimum atomic E-state index is -0.0345. The molecule has 88 valence electrons. The molecule has 0 radical (unpaired) electrons. The zero-order chi connectivity index (χ0) is 11.4. The minimum Gasteiger partial charge on any atom is -0.338 e. The fraction of sp³-hybridized carbons (Fsp3) is 0.909. The van der Waals surface area contributed by atoms with Crippen molar-refractivity contribution < 1.29 is 4.79 Å². The van der Waals surface area contributed by atoms with E-state index >= 15 is 0 Å². The molecule has 2 atom stereocenters. The lowest BCUT2D eigenvalue weighted by Crippen LogP contribution is -2.44. The Kier molecular flexibility index (Phi) is 4.54. The number of likely N-dealkylation sites (N-methyl/N-ethyl adjacent to an activating group) is 1. The topological polar surface area (TPSA) is 49.6 Å². The van der Waals surface area contributed by atoms with Gasteiger partial charge in [0.05, 0.1) is 0 Å². The van der Waals surface area contributed by atoms with Crippen molar-refractivity contribution in [3.63, 3.8) is 0 Å². The normalized spacial score (nSPS) is 23.5. The summed E-state index contributed by atoms with van der Waals surface area (Å²) in [6, 6.07) is 0.390.